The molecule has 4 nitrogen and oxygen atoms in total. The standard InChI is InChI=1S/C9H16N4/c10-9-5-8(12-13-9)2-1-7-3-4-11-6-7/h5,7,11H,1-4,6H2,(H3,10,12,13). The number of nitrogens with zero attached hydrogens (tertiary/aromatic N) is 1. The third-order valence-electron chi connectivity index (χ3n) is 2.64. The topological polar surface area (TPSA) is 66.7 Å². The van der Waals surface area contributed by atoms with Crippen molar-refractivity contribution in [3.8, 4) is 0 Å². The Morgan fingerprint density at radius 1 is 1.62 bits per heavy atom. The number of aromatic nitrogens is 2. The second-order valence-electron chi connectivity index (χ2n) is 3.72. The zero-order chi connectivity index (χ0) is 9.10. The molecule has 1 saturated heterocycles. The minimum Gasteiger partial charge on any atom is -0.382 e. The number of aromatic amines is 1. The highest BCUT2D eigenvalue weighted by molar-refractivity contribution is 5.28. The van der Waals surface area contributed by atoms with Crippen molar-refractivity contribution < 1.29 is 0 Å². The average Bonchev–Trinajstić information content (AvgIpc) is 2.71. The summed E-state index contributed by atoms with van der Waals surface area (Å²) in [4.78, 5) is 0. The maximum absolute atomic E-state index is 5.51. The highest BCUT2D eigenvalue weighted by atomic mass is 15.1. The number of hydrogen-bond donors (Lipinski definition) is 3. The highest BCUT2D eigenvalue weighted by Gasteiger charge is 2.14. The first-order valence-electron chi connectivity index (χ1n) is 4.85. The van der Waals surface area contributed by atoms with Gasteiger partial charge in [0.25, 0.3) is 0 Å². The van der Waals surface area contributed by atoms with Gasteiger partial charge in [-0.05, 0) is 38.3 Å². The van der Waals surface area contributed by atoms with Crippen LogP contribution in [-0.4, -0.2) is 23.3 Å². The largest absolute Gasteiger partial charge is 0.382 e. The fourth-order valence-corrected chi connectivity index (χ4v) is 1.83. The second kappa shape index (κ2) is 3.79. The lowest BCUT2D eigenvalue weighted by Crippen LogP contribution is -2.09. The van der Waals surface area contributed by atoms with Crippen molar-refractivity contribution in [2.75, 3.05) is 18.8 Å². The molecule has 72 valence electrons. The lowest BCUT2D eigenvalue weighted by Gasteiger charge is -2.05. The van der Waals surface area contributed by atoms with E-state index in [1.165, 1.54) is 25.9 Å². The molecule has 4 heteroatoms. The van der Waals surface area contributed by atoms with Crippen LogP contribution in [0.4, 0.5) is 5.82 Å². The van der Waals surface area contributed by atoms with E-state index in [-0.39, 0.29) is 0 Å². The van der Waals surface area contributed by atoms with Gasteiger partial charge in [0, 0.05) is 11.8 Å². The Balaban J connectivity index is 1.78. The predicted octanol–water partition coefficient (Wildman–Crippen LogP) is 0.534. The van der Waals surface area contributed by atoms with Gasteiger partial charge in [-0.15, -0.1) is 0 Å². The average molecular weight is 180 g/mol. The number of nitrogens with two attached hydrogens (primary N) is 1. The normalized spacial score (nSPS) is 22.3. The first kappa shape index (κ1) is 8.56. The highest BCUT2D eigenvalue weighted by Crippen LogP contribution is 2.15. The molecule has 1 fully saturated rings. The fourth-order valence-electron chi connectivity index (χ4n) is 1.83. The molecule has 1 atom stereocenters. The Morgan fingerprint density at radius 2 is 2.54 bits per heavy atom. The Kier molecular flexibility index (Phi) is 2.49. The molecule has 0 aromatic carbocycles. The van der Waals surface area contributed by atoms with Crippen molar-refractivity contribution in [2.45, 2.75) is 19.3 Å². The first-order chi connectivity index (χ1) is 6.34. The lowest BCUT2D eigenvalue weighted by atomic mass is 10.0. The van der Waals surface area contributed by atoms with E-state index >= 15 is 0 Å². The van der Waals surface area contributed by atoms with Crippen molar-refractivity contribution in [3.63, 3.8) is 0 Å². The van der Waals surface area contributed by atoms with Gasteiger partial charge in [-0.25, -0.2) is 0 Å². The monoisotopic (exact) mass is 180 g/mol. The number of nitrogens with one attached hydrogen (secondary N) is 2. The van der Waals surface area contributed by atoms with Crippen LogP contribution in [0.2, 0.25) is 0 Å². The first-order valence-corrected chi connectivity index (χ1v) is 4.85. The fraction of sp³-hybridized carbons (Fsp3) is 0.667. The molecule has 0 radical (unpaired) electrons. The minimum atomic E-state index is 0.597. The summed E-state index contributed by atoms with van der Waals surface area (Å²) in [5.74, 6) is 1.43. The molecule has 0 aliphatic carbocycles. The van der Waals surface area contributed by atoms with Crippen molar-refractivity contribution in [1.82, 2.24) is 15.5 Å². The summed E-state index contributed by atoms with van der Waals surface area (Å²) in [7, 11) is 0. The van der Waals surface area contributed by atoms with E-state index in [2.05, 4.69) is 15.5 Å². The molecule has 1 aromatic heterocycles. The van der Waals surface area contributed by atoms with Gasteiger partial charge in [0.1, 0.15) is 5.82 Å². The van der Waals surface area contributed by atoms with Crippen molar-refractivity contribution in [2.24, 2.45) is 5.92 Å². The van der Waals surface area contributed by atoms with Crippen LogP contribution in [0.1, 0.15) is 18.5 Å². The van der Waals surface area contributed by atoms with Crippen LogP contribution < -0.4 is 11.1 Å². The maximum atomic E-state index is 5.51. The summed E-state index contributed by atoms with van der Waals surface area (Å²) in [6.07, 6.45) is 3.61. The van der Waals surface area contributed by atoms with E-state index in [4.69, 9.17) is 5.73 Å². The predicted molar refractivity (Wildman–Crippen MR) is 52.3 cm³/mol. The molecular formula is C9H16N4. The number of anilines is 1. The molecule has 1 aromatic rings. The quantitative estimate of drug-likeness (QED) is 0.635. The summed E-state index contributed by atoms with van der Waals surface area (Å²) in [5.41, 5.74) is 6.66. The molecule has 1 aliphatic heterocycles. The molecule has 0 amide bonds. The van der Waals surface area contributed by atoms with Gasteiger partial charge in [-0.2, -0.15) is 5.10 Å². The molecule has 0 spiro atoms. The summed E-state index contributed by atoms with van der Waals surface area (Å²) in [5, 5.41) is 10.2. The van der Waals surface area contributed by atoms with Gasteiger partial charge in [0.05, 0.1) is 0 Å². The van der Waals surface area contributed by atoms with Crippen LogP contribution in [0.3, 0.4) is 0 Å². The van der Waals surface area contributed by atoms with Crippen LogP contribution in [0.5, 0.6) is 0 Å². The lowest BCUT2D eigenvalue weighted by molar-refractivity contribution is 0.529. The minimum absolute atomic E-state index is 0.597. The summed E-state index contributed by atoms with van der Waals surface area (Å²) in [6, 6.07) is 1.92. The molecule has 2 heterocycles. The van der Waals surface area contributed by atoms with E-state index in [1.807, 2.05) is 6.07 Å². The zero-order valence-corrected chi connectivity index (χ0v) is 7.71. The number of rotatable bonds is 3. The molecule has 1 unspecified atom stereocenters. The van der Waals surface area contributed by atoms with Gasteiger partial charge < -0.3 is 11.1 Å². The summed E-state index contributed by atoms with van der Waals surface area (Å²) in [6.45, 7) is 2.35. The Labute approximate surface area is 77.9 Å². The van der Waals surface area contributed by atoms with E-state index in [9.17, 15) is 0 Å². The molecule has 0 saturated carbocycles. The van der Waals surface area contributed by atoms with Gasteiger partial charge in [0.15, 0.2) is 0 Å². The molecule has 2 rings (SSSR count). The number of aryl methyl sites for hydroxylation is 1. The smallest absolute Gasteiger partial charge is 0.145 e. The van der Waals surface area contributed by atoms with Crippen LogP contribution >= 0.6 is 0 Å². The SMILES string of the molecule is Nc1cc(CCC2CCNC2)[nH]n1. The molecule has 4 N–H and O–H groups in total. The van der Waals surface area contributed by atoms with Gasteiger partial charge in [-0.3, -0.25) is 5.10 Å². The summed E-state index contributed by atoms with van der Waals surface area (Å²) < 4.78 is 0. The van der Waals surface area contributed by atoms with Gasteiger partial charge in [-0.1, -0.05) is 0 Å². The van der Waals surface area contributed by atoms with Crippen molar-refractivity contribution >= 4 is 5.82 Å². The van der Waals surface area contributed by atoms with Crippen LogP contribution in [0.25, 0.3) is 0 Å². The maximum Gasteiger partial charge on any atom is 0.145 e. The van der Waals surface area contributed by atoms with Crippen molar-refractivity contribution in [1.29, 1.82) is 0 Å². The third kappa shape index (κ3) is 2.21. The molecular weight excluding hydrogens is 164 g/mol. The van der Waals surface area contributed by atoms with E-state index in [0.29, 0.717) is 5.82 Å². The Morgan fingerprint density at radius 3 is 3.15 bits per heavy atom. The van der Waals surface area contributed by atoms with Crippen LogP contribution in [0, 0.1) is 5.92 Å². The van der Waals surface area contributed by atoms with Crippen LogP contribution in [-0.2, 0) is 6.42 Å². The molecule has 0 bridgehead atoms. The van der Waals surface area contributed by atoms with Gasteiger partial charge in [0.2, 0.25) is 0 Å². The van der Waals surface area contributed by atoms with E-state index < -0.39 is 0 Å². The second-order valence-corrected chi connectivity index (χ2v) is 3.72. The van der Waals surface area contributed by atoms with E-state index in [1.54, 1.807) is 0 Å². The molecule has 13 heavy (non-hydrogen) atoms. The molecule has 1 aliphatic rings. The number of nitrogen functional groups attached to an aromatic ring is 1. The summed E-state index contributed by atoms with van der Waals surface area (Å²) >= 11 is 0. The zero-order valence-electron chi connectivity index (χ0n) is 7.71. The van der Waals surface area contributed by atoms with Crippen molar-refractivity contribution in [3.05, 3.63) is 11.8 Å². The number of hydrogen-bond acceptors (Lipinski definition) is 3. The Hall–Kier alpha value is -1.03. The van der Waals surface area contributed by atoms with Crippen LogP contribution in [0.15, 0.2) is 6.07 Å². The third-order valence-corrected chi connectivity index (χ3v) is 2.64. The van der Waals surface area contributed by atoms with Gasteiger partial charge >= 0.3 is 0 Å². The Bertz CT molecular complexity index is 262. The number of H-pyrrole nitrogens is 1. The van der Waals surface area contributed by atoms with E-state index in [0.717, 1.165) is 18.0 Å².